The molecule has 1 aliphatic heterocycles. The molecule has 0 aromatic heterocycles. The van der Waals surface area contributed by atoms with Gasteiger partial charge in [0.05, 0.1) is 5.69 Å². The van der Waals surface area contributed by atoms with Gasteiger partial charge in [-0.15, -0.1) is 11.8 Å². The van der Waals surface area contributed by atoms with E-state index < -0.39 is 19.5 Å². The first-order valence-corrected chi connectivity index (χ1v) is 14.9. The van der Waals surface area contributed by atoms with E-state index in [9.17, 15) is 16.9 Å². The first-order valence-electron chi connectivity index (χ1n) is 6.99. The van der Waals surface area contributed by atoms with Crippen LogP contribution in [0.5, 0.6) is 0 Å². The van der Waals surface area contributed by atoms with Crippen molar-refractivity contribution in [3.8, 4) is 0 Å². The molecule has 2 aromatic rings. The maximum atomic E-state index is 9.93. The zero-order chi connectivity index (χ0) is 18.8. The Labute approximate surface area is 152 Å². The summed E-state index contributed by atoms with van der Waals surface area (Å²) in [6, 6.07) is 19.4. The van der Waals surface area contributed by atoms with E-state index in [-0.39, 0.29) is 0 Å². The van der Waals surface area contributed by atoms with Crippen LogP contribution in [0.15, 0.2) is 59.5 Å². The van der Waals surface area contributed by atoms with Gasteiger partial charge in [-0.05, 0) is 24.0 Å². The van der Waals surface area contributed by atoms with E-state index in [1.54, 1.807) is 0 Å². The molecule has 3 rings (SSSR count). The molecular weight excluding hydrogens is 494 g/mol. The molecule has 0 bridgehead atoms. The summed E-state index contributed by atoms with van der Waals surface area (Å²) in [5.74, 6) is 0. The third-order valence-corrected chi connectivity index (χ3v) is 5.63. The Balaban J connectivity index is 0.000000277. The van der Waals surface area contributed by atoms with Gasteiger partial charge in [0.2, 0.25) is 0 Å². The van der Waals surface area contributed by atoms with Crippen molar-refractivity contribution in [2.24, 2.45) is 0 Å². The van der Waals surface area contributed by atoms with Gasteiger partial charge >= 0.3 is 36.4 Å². The minimum atomic E-state index is -11.2. The average molecular weight is 509 g/mol. The topological polar surface area (TPSA) is 3.24 Å². The Bertz CT molecular complexity index is 712. The number of rotatable bonds is 3. The molecule has 1 aliphatic rings. The maximum absolute atomic E-state index is 11.2. The van der Waals surface area contributed by atoms with E-state index in [4.69, 9.17) is 0 Å². The van der Waals surface area contributed by atoms with Crippen LogP contribution in [0.25, 0.3) is 0 Å². The second-order valence-electron chi connectivity index (χ2n) is 5.20. The molecule has 0 saturated carbocycles. The van der Waals surface area contributed by atoms with E-state index in [1.165, 1.54) is 16.1 Å². The SMILES string of the molecule is CSC1Sc2ccccc2N1Cc1ccccc1.[F][Sb-]([F])([F])([F])([F])[F]. The summed E-state index contributed by atoms with van der Waals surface area (Å²) >= 11 is -7.39. The van der Waals surface area contributed by atoms with Gasteiger partial charge in [0.25, 0.3) is 0 Å². The second-order valence-corrected chi connectivity index (χ2v) is 13.0. The van der Waals surface area contributed by atoms with Gasteiger partial charge in [0.15, 0.2) is 0 Å². The predicted molar refractivity (Wildman–Crippen MR) is 94.6 cm³/mol. The standard InChI is InChI=1S/C15H15NS2.6FH.Sb/c1-17-15-16(11-12-7-3-2-4-8-12)13-9-5-6-10-14(13)18-15;;;;;;;/h2-10,15H,11H2,1H3;6*1H;/q;;;;;;;+5/p-6. The van der Waals surface area contributed by atoms with Crippen molar-refractivity contribution in [1.82, 2.24) is 0 Å². The molecule has 1 heterocycles. The van der Waals surface area contributed by atoms with Gasteiger partial charge in [-0.3, -0.25) is 0 Å². The van der Waals surface area contributed by atoms with Crippen LogP contribution in [0.3, 0.4) is 0 Å². The summed E-state index contributed by atoms with van der Waals surface area (Å²) in [6.45, 7) is 0.982. The van der Waals surface area contributed by atoms with Crippen LogP contribution in [0.1, 0.15) is 5.56 Å². The van der Waals surface area contributed by atoms with E-state index >= 15 is 0 Å². The molecule has 1 nitrogen and oxygen atoms in total. The van der Waals surface area contributed by atoms with Crippen LogP contribution < -0.4 is 4.90 Å². The van der Waals surface area contributed by atoms with Crippen LogP contribution in [0, 0.1) is 0 Å². The Hall–Kier alpha value is -0.662. The molecule has 0 aliphatic carbocycles. The van der Waals surface area contributed by atoms with Crippen molar-refractivity contribution in [1.29, 1.82) is 0 Å². The first kappa shape index (κ1) is 20.6. The van der Waals surface area contributed by atoms with Crippen molar-refractivity contribution in [3.05, 3.63) is 60.2 Å². The van der Waals surface area contributed by atoms with Crippen LogP contribution in [0.4, 0.5) is 22.6 Å². The molecule has 0 saturated heterocycles. The molecule has 25 heavy (non-hydrogen) atoms. The summed E-state index contributed by atoms with van der Waals surface area (Å²) < 4.78 is 60.0. The van der Waals surface area contributed by atoms with E-state index in [0.717, 1.165) is 6.54 Å². The molecule has 0 spiro atoms. The Morgan fingerprint density at radius 1 is 0.920 bits per heavy atom. The molecule has 2 aromatic carbocycles. The number of halogens is 6. The summed E-state index contributed by atoms with van der Waals surface area (Å²) in [5, 5.41) is 0. The average Bonchev–Trinajstić information content (AvgIpc) is 2.83. The van der Waals surface area contributed by atoms with Gasteiger partial charge in [-0.1, -0.05) is 54.2 Å². The van der Waals surface area contributed by atoms with Crippen LogP contribution in [0.2, 0.25) is 0 Å². The fourth-order valence-corrected chi connectivity index (χ4v) is 4.33. The molecular formula is C15H15F6NS2Sb-. The minimum absolute atomic E-state index is 0.489. The van der Waals surface area contributed by atoms with Gasteiger partial charge in [-0.25, -0.2) is 0 Å². The van der Waals surface area contributed by atoms with Crippen molar-refractivity contribution in [2.45, 2.75) is 16.1 Å². The molecule has 10 heteroatoms. The number of hydrogen-bond acceptors (Lipinski definition) is 3. The van der Waals surface area contributed by atoms with Gasteiger partial charge in [0, 0.05) is 11.4 Å². The number of para-hydroxylation sites is 1. The predicted octanol–water partition coefficient (Wildman–Crippen LogP) is 6.59. The van der Waals surface area contributed by atoms with Gasteiger partial charge in [-0.2, -0.15) is 0 Å². The van der Waals surface area contributed by atoms with E-state index in [1.807, 2.05) is 23.5 Å². The summed E-state index contributed by atoms with van der Waals surface area (Å²) in [4.78, 5) is 3.88. The normalized spacial score (nSPS) is 19.3. The van der Waals surface area contributed by atoms with E-state index in [2.05, 4.69) is 65.8 Å². The first-order chi connectivity index (χ1) is 11.3. The summed E-state index contributed by atoms with van der Waals surface area (Å²) in [5.41, 5.74) is 2.74. The Kier molecular flexibility index (Phi) is 5.63. The molecule has 1 atom stereocenters. The third-order valence-electron chi connectivity index (χ3n) is 3.05. The molecule has 0 amide bonds. The zero-order valence-corrected chi connectivity index (χ0v) is 17.1. The van der Waals surface area contributed by atoms with Crippen LogP contribution in [-0.4, -0.2) is 30.4 Å². The fourth-order valence-electron chi connectivity index (χ4n) is 2.20. The number of nitrogens with zero attached hydrogens (tertiary/aromatic N) is 1. The number of fused-ring (bicyclic) bond motifs is 1. The number of hydrogen-bond donors (Lipinski definition) is 0. The summed E-state index contributed by atoms with van der Waals surface area (Å²) in [6.07, 6.45) is 2.18. The number of thioether (sulfide) groups is 2. The Morgan fingerprint density at radius 2 is 1.44 bits per heavy atom. The quantitative estimate of drug-likeness (QED) is 0.340. The molecule has 0 fully saturated rings. The molecule has 140 valence electrons. The second kappa shape index (κ2) is 6.81. The van der Waals surface area contributed by atoms with Crippen molar-refractivity contribution >= 4 is 48.7 Å². The monoisotopic (exact) mass is 508 g/mol. The van der Waals surface area contributed by atoms with Crippen molar-refractivity contribution < 1.29 is 16.9 Å². The van der Waals surface area contributed by atoms with Gasteiger partial charge in [0.1, 0.15) is 4.71 Å². The van der Waals surface area contributed by atoms with Crippen molar-refractivity contribution in [2.75, 3.05) is 11.2 Å². The van der Waals surface area contributed by atoms with Gasteiger partial charge < -0.3 is 4.90 Å². The van der Waals surface area contributed by atoms with Crippen LogP contribution in [-0.2, 0) is 6.54 Å². The number of benzene rings is 2. The Morgan fingerprint density at radius 3 is 2.00 bits per heavy atom. The summed E-state index contributed by atoms with van der Waals surface area (Å²) in [7, 11) is 0. The third kappa shape index (κ3) is 8.05. The molecule has 1 unspecified atom stereocenters. The molecule has 0 N–H and O–H groups in total. The van der Waals surface area contributed by atoms with E-state index in [0.29, 0.717) is 4.71 Å². The fraction of sp³-hybridized carbons (Fsp3) is 0.200. The van der Waals surface area contributed by atoms with Crippen molar-refractivity contribution in [3.63, 3.8) is 0 Å². The number of anilines is 1. The zero-order valence-electron chi connectivity index (χ0n) is 13.0. The van der Waals surface area contributed by atoms with Crippen LogP contribution >= 0.6 is 23.5 Å². The molecule has 0 radical (unpaired) electrons.